The zero-order valence-corrected chi connectivity index (χ0v) is 19.9. The van der Waals surface area contributed by atoms with Gasteiger partial charge in [0.05, 0.1) is 23.2 Å². The van der Waals surface area contributed by atoms with Gasteiger partial charge in [0.1, 0.15) is 23.4 Å². The summed E-state index contributed by atoms with van der Waals surface area (Å²) in [5, 5.41) is 9.89. The van der Waals surface area contributed by atoms with Crippen molar-refractivity contribution in [3.63, 3.8) is 0 Å². The van der Waals surface area contributed by atoms with Gasteiger partial charge in [0.2, 0.25) is 0 Å². The molecule has 0 aliphatic carbocycles. The lowest BCUT2D eigenvalue weighted by atomic mass is 9.88. The molecule has 0 saturated carbocycles. The van der Waals surface area contributed by atoms with Crippen molar-refractivity contribution >= 4 is 28.7 Å². The number of benzene rings is 3. The Kier molecular flexibility index (Phi) is 7.07. The van der Waals surface area contributed by atoms with Crippen LogP contribution in [0.1, 0.15) is 42.9 Å². The van der Waals surface area contributed by atoms with E-state index in [0.29, 0.717) is 23.3 Å². The Morgan fingerprint density at radius 3 is 2.34 bits per heavy atom. The summed E-state index contributed by atoms with van der Waals surface area (Å²) in [5.41, 5.74) is 3.55. The topological polar surface area (TPSA) is 72.3 Å². The zero-order valence-electron chi connectivity index (χ0n) is 19.0. The fourth-order valence-corrected chi connectivity index (χ4v) is 4.36. The van der Waals surface area contributed by atoms with E-state index in [9.17, 15) is 23.1 Å². The predicted octanol–water partition coefficient (Wildman–Crippen LogP) is 7.17. The van der Waals surface area contributed by atoms with Gasteiger partial charge in [-0.1, -0.05) is 38.1 Å². The number of alkyl halides is 3. The monoisotopic (exact) mass is 500 g/mol. The van der Waals surface area contributed by atoms with Gasteiger partial charge in [0.15, 0.2) is 0 Å². The van der Waals surface area contributed by atoms with Crippen LogP contribution >= 0.6 is 11.7 Å². The van der Waals surface area contributed by atoms with Crippen LogP contribution in [0.25, 0.3) is 22.2 Å². The lowest BCUT2D eigenvalue weighted by Crippen LogP contribution is -2.14. The minimum atomic E-state index is -4.40. The molecule has 0 bridgehead atoms. The standard InChI is InChI=1S/C26H23F3N2O3S/c1-15(2)9-22(25(32)33)19-10-18(17-5-8-23-24(13-17)31-35-30-23)11-21(12-19)34-14-16-3-6-20(7-4-16)26(27,28)29/h3-8,10-13,15,22H,9,14H2,1-2H3,(H,32,33). The van der Waals surface area contributed by atoms with Gasteiger partial charge >= 0.3 is 12.1 Å². The van der Waals surface area contributed by atoms with Crippen LogP contribution in [0.15, 0.2) is 60.7 Å². The second kappa shape index (κ2) is 10.0. The number of ether oxygens (including phenoxy) is 1. The second-order valence-electron chi connectivity index (χ2n) is 8.76. The van der Waals surface area contributed by atoms with Gasteiger partial charge in [-0.15, -0.1) is 0 Å². The molecule has 0 radical (unpaired) electrons. The molecule has 9 heteroatoms. The van der Waals surface area contributed by atoms with Crippen molar-refractivity contribution in [1.29, 1.82) is 0 Å². The first kappa shape index (κ1) is 24.7. The van der Waals surface area contributed by atoms with Crippen molar-refractivity contribution in [2.45, 2.75) is 39.0 Å². The molecule has 4 aromatic rings. The van der Waals surface area contributed by atoms with Gasteiger partial charge in [-0.05, 0) is 71.0 Å². The molecule has 1 unspecified atom stereocenters. The summed E-state index contributed by atoms with van der Waals surface area (Å²) in [6.07, 6.45) is -3.95. The van der Waals surface area contributed by atoms with E-state index in [1.165, 1.54) is 12.1 Å². The molecule has 3 aromatic carbocycles. The Bertz CT molecular complexity index is 1330. The number of rotatable bonds is 8. The molecular formula is C26H23F3N2O3S. The summed E-state index contributed by atoms with van der Waals surface area (Å²) in [6, 6.07) is 15.7. The maximum atomic E-state index is 12.8. The number of nitrogens with zero attached hydrogens (tertiary/aromatic N) is 2. The van der Waals surface area contributed by atoms with E-state index >= 15 is 0 Å². The third kappa shape index (κ3) is 5.97. The molecule has 0 spiro atoms. The zero-order chi connectivity index (χ0) is 25.2. The van der Waals surface area contributed by atoms with Crippen LogP contribution in [0.5, 0.6) is 5.75 Å². The molecule has 1 aromatic heterocycles. The summed E-state index contributed by atoms with van der Waals surface area (Å²) in [5.74, 6) is -1.06. The number of fused-ring (bicyclic) bond motifs is 1. The molecule has 0 saturated heterocycles. The van der Waals surface area contributed by atoms with E-state index in [1.54, 1.807) is 12.1 Å². The summed E-state index contributed by atoms with van der Waals surface area (Å²) < 4.78 is 52.9. The average molecular weight is 501 g/mol. The van der Waals surface area contributed by atoms with E-state index in [2.05, 4.69) is 8.75 Å². The van der Waals surface area contributed by atoms with E-state index in [1.807, 2.05) is 38.1 Å². The van der Waals surface area contributed by atoms with Crippen molar-refractivity contribution in [2.24, 2.45) is 5.92 Å². The van der Waals surface area contributed by atoms with Crippen LogP contribution in [0.4, 0.5) is 13.2 Å². The summed E-state index contributed by atoms with van der Waals surface area (Å²) in [6.45, 7) is 3.97. The van der Waals surface area contributed by atoms with Gasteiger partial charge < -0.3 is 9.84 Å². The number of carboxylic acids is 1. The molecule has 182 valence electrons. The number of hydrogen-bond donors (Lipinski definition) is 1. The number of carbonyl (C=O) groups is 1. The van der Waals surface area contributed by atoms with E-state index in [4.69, 9.17) is 4.74 Å². The SMILES string of the molecule is CC(C)CC(C(=O)O)c1cc(OCc2ccc(C(F)(F)F)cc2)cc(-c2ccc3nsnc3c2)c1. The molecule has 1 atom stereocenters. The van der Waals surface area contributed by atoms with Crippen molar-refractivity contribution in [3.05, 3.63) is 77.4 Å². The number of carboxylic acid groups (broad SMARTS) is 1. The van der Waals surface area contributed by atoms with Gasteiger partial charge in [-0.2, -0.15) is 21.9 Å². The molecule has 35 heavy (non-hydrogen) atoms. The fraction of sp³-hybridized carbons (Fsp3) is 0.269. The highest BCUT2D eigenvalue weighted by molar-refractivity contribution is 7.00. The lowest BCUT2D eigenvalue weighted by Gasteiger charge is -2.18. The van der Waals surface area contributed by atoms with Crippen molar-refractivity contribution in [2.75, 3.05) is 0 Å². The highest BCUT2D eigenvalue weighted by atomic mass is 32.1. The van der Waals surface area contributed by atoms with E-state index < -0.39 is 23.6 Å². The van der Waals surface area contributed by atoms with Gasteiger partial charge in [-0.25, -0.2) is 0 Å². The quantitative estimate of drug-likeness (QED) is 0.278. The number of hydrogen-bond acceptors (Lipinski definition) is 5. The Labute approximate surface area is 204 Å². The largest absolute Gasteiger partial charge is 0.489 e. The first-order valence-corrected chi connectivity index (χ1v) is 11.7. The van der Waals surface area contributed by atoms with Crippen LogP contribution in [-0.4, -0.2) is 19.8 Å². The molecule has 0 fully saturated rings. The molecular weight excluding hydrogens is 477 g/mol. The number of halogens is 3. The maximum absolute atomic E-state index is 12.8. The smallest absolute Gasteiger partial charge is 0.416 e. The Morgan fingerprint density at radius 2 is 1.69 bits per heavy atom. The fourth-order valence-electron chi connectivity index (χ4n) is 3.84. The lowest BCUT2D eigenvalue weighted by molar-refractivity contribution is -0.139. The summed E-state index contributed by atoms with van der Waals surface area (Å²) >= 11 is 1.11. The Hall–Kier alpha value is -3.46. The van der Waals surface area contributed by atoms with Crippen molar-refractivity contribution in [3.8, 4) is 16.9 Å². The average Bonchev–Trinajstić information content (AvgIpc) is 3.28. The minimum Gasteiger partial charge on any atom is -0.489 e. The van der Waals surface area contributed by atoms with Gasteiger partial charge in [0.25, 0.3) is 0 Å². The Balaban J connectivity index is 1.68. The van der Waals surface area contributed by atoms with Crippen LogP contribution in [0, 0.1) is 5.92 Å². The first-order chi connectivity index (χ1) is 16.6. The Morgan fingerprint density at radius 1 is 0.971 bits per heavy atom. The highest BCUT2D eigenvalue weighted by Gasteiger charge is 2.30. The second-order valence-corrected chi connectivity index (χ2v) is 9.29. The molecule has 4 rings (SSSR count). The van der Waals surface area contributed by atoms with Crippen molar-refractivity contribution < 1.29 is 27.8 Å². The molecule has 5 nitrogen and oxygen atoms in total. The normalized spacial score (nSPS) is 12.7. The van der Waals surface area contributed by atoms with Crippen LogP contribution < -0.4 is 4.74 Å². The number of aromatic nitrogens is 2. The highest BCUT2D eigenvalue weighted by Crippen LogP contribution is 2.34. The first-order valence-electron chi connectivity index (χ1n) is 11.0. The summed E-state index contributed by atoms with van der Waals surface area (Å²) in [7, 11) is 0. The van der Waals surface area contributed by atoms with E-state index in [-0.39, 0.29) is 12.5 Å². The van der Waals surface area contributed by atoms with Gasteiger partial charge in [-0.3, -0.25) is 4.79 Å². The summed E-state index contributed by atoms with van der Waals surface area (Å²) in [4.78, 5) is 12.1. The maximum Gasteiger partial charge on any atom is 0.416 e. The third-order valence-corrected chi connectivity index (χ3v) is 6.17. The van der Waals surface area contributed by atoms with Gasteiger partial charge in [0, 0.05) is 0 Å². The van der Waals surface area contributed by atoms with Crippen LogP contribution in [-0.2, 0) is 17.6 Å². The third-order valence-electron chi connectivity index (χ3n) is 5.61. The molecule has 0 aliphatic rings. The van der Waals surface area contributed by atoms with Crippen molar-refractivity contribution in [1.82, 2.24) is 8.75 Å². The predicted molar refractivity (Wildman–Crippen MR) is 128 cm³/mol. The number of aliphatic carboxylic acids is 1. The minimum absolute atomic E-state index is 0.0397. The molecule has 1 N–H and O–H groups in total. The van der Waals surface area contributed by atoms with E-state index in [0.717, 1.165) is 46.0 Å². The molecule has 0 aliphatic heterocycles. The molecule has 0 amide bonds. The van der Waals surface area contributed by atoms with Crippen LogP contribution in [0.3, 0.4) is 0 Å². The van der Waals surface area contributed by atoms with Crippen LogP contribution in [0.2, 0.25) is 0 Å². The molecule has 1 heterocycles.